The lowest BCUT2D eigenvalue weighted by Gasteiger charge is -2.72. The Labute approximate surface area is 244 Å². The van der Waals surface area contributed by atoms with E-state index in [1.54, 1.807) is 5.57 Å². The predicted octanol–water partition coefficient (Wildman–Crippen LogP) is 8.87. The van der Waals surface area contributed by atoms with Crippen molar-refractivity contribution in [2.75, 3.05) is 19.8 Å². The Morgan fingerprint density at radius 3 is 2.30 bits per heavy atom. The molecule has 0 N–H and O–H groups in total. The molecule has 0 aromatic rings. The van der Waals surface area contributed by atoms with Crippen LogP contribution in [-0.2, 0) is 19.0 Å². The molecule has 3 unspecified atom stereocenters. The van der Waals surface area contributed by atoms with Crippen LogP contribution in [0.15, 0.2) is 11.6 Å². The zero-order valence-corrected chi connectivity index (χ0v) is 27.0. The molecular weight excluding hydrogens is 496 g/mol. The van der Waals surface area contributed by atoms with Gasteiger partial charge in [-0.25, -0.2) is 0 Å². The molecule has 1 aliphatic heterocycles. The van der Waals surface area contributed by atoms with Crippen LogP contribution in [-0.4, -0.2) is 31.6 Å². The fraction of sp³-hybridized carbons (Fsp3) is 0.917. The van der Waals surface area contributed by atoms with Crippen LogP contribution in [0.4, 0.5) is 0 Å². The molecule has 4 nitrogen and oxygen atoms in total. The van der Waals surface area contributed by atoms with E-state index in [9.17, 15) is 4.79 Å². The summed E-state index contributed by atoms with van der Waals surface area (Å²) in [5, 5.41) is 0. The molecule has 0 aromatic carbocycles. The van der Waals surface area contributed by atoms with Crippen LogP contribution in [0.1, 0.15) is 132 Å². The van der Waals surface area contributed by atoms with Crippen molar-refractivity contribution in [1.82, 2.24) is 0 Å². The molecule has 6 aliphatic rings. The number of allylic oxidation sites excluding steroid dienone is 2. The van der Waals surface area contributed by atoms with Gasteiger partial charge in [0.2, 0.25) is 0 Å². The number of hydrogen-bond donors (Lipinski definition) is 0. The number of carbonyl (C=O) groups excluding carboxylic acids is 1. The first-order valence-corrected chi connectivity index (χ1v) is 16.9. The van der Waals surface area contributed by atoms with Crippen LogP contribution < -0.4 is 0 Å². The van der Waals surface area contributed by atoms with Crippen molar-refractivity contribution in [1.29, 1.82) is 0 Å². The van der Waals surface area contributed by atoms with Crippen LogP contribution >= 0.6 is 0 Å². The van der Waals surface area contributed by atoms with Gasteiger partial charge in [-0.2, -0.15) is 0 Å². The topological polar surface area (TPSA) is 44.8 Å². The minimum atomic E-state index is -0.402. The first-order chi connectivity index (χ1) is 18.7. The van der Waals surface area contributed by atoms with Gasteiger partial charge in [-0.05, 0) is 104 Å². The quantitative estimate of drug-likeness (QED) is 0.198. The van der Waals surface area contributed by atoms with E-state index in [2.05, 4.69) is 61.5 Å². The summed E-state index contributed by atoms with van der Waals surface area (Å²) in [7, 11) is 0. The smallest absolute Gasteiger partial charge is 0.312 e. The lowest BCUT2D eigenvalue weighted by atomic mass is 9.33. The molecule has 0 aromatic heterocycles. The van der Waals surface area contributed by atoms with Gasteiger partial charge in [0.05, 0.1) is 25.2 Å². The van der Waals surface area contributed by atoms with E-state index in [1.165, 1.54) is 19.3 Å². The maximum absolute atomic E-state index is 13.9. The molecule has 7 atom stereocenters. The third-order valence-corrected chi connectivity index (χ3v) is 14.6. The number of fused-ring (bicyclic) bond motifs is 7. The number of esters is 1. The molecule has 1 saturated heterocycles. The average Bonchev–Trinajstić information content (AvgIpc) is 3.38. The lowest BCUT2D eigenvalue weighted by Crippen LogP contribution is -2.67. The van der Waals surface area contributed by atoms with Crippen LogP contribution in [0.2, 0.25) is 0 Å². The summed E-state index contributed by atoms with van der Waals surface area (Å²) in [4.78, 5) is 13.9. The van der Waals surface area contributed by atoms with Crippen LogP contribution in [0.5, 0.6) is 0 Å². The second-order valence-corrected chi connectivity index (χ2v) is 17.0. The van der Waals surface area contributed by atoms with E-state index < -0.39 is 5.79 Å². The van der Waals surface area contributed by atoms with Crippen molar-refractivity contribution < 1.29 is 19.0 Å². The maximum atomic E-state index is 13.9. The van der Waals surface area contributed by atoms with E-state index in [0.29, 0.717) is 24.4 Å². The van der Waals surface area contributed by atoms with Gasteiger partial charge in [-0.15, -0.1) is 0 Å². The second-order valence-electron chi connectivity index (χ2n) is 17.0. The Bertz CT molecular complexity index is 1050. The minimum absolute atomic E-state index is 0.0000854. The summed E-state index contributed by atoms with van der Waals surface area (Å²) < 4.78 is 18.9. The number of ether oxygens (including phenoxy) is 3. The van der Waals surface area contributed by atoms with E-state index in [-0.39, 0.29) is 38.5 Å². The van der Waals surface area contributed by atoms with Gasteiger partial charge < -0.3 is 14.2 Å². The zero-order valence-electron chi connectivity index (χ0n) is 27.0. The highest BCUT2D eigenvalue weighted by atomic mass is 16.7. The SMILES string of the molecule is CCCCOC(=O)[C@]12CCC(C)(C)CC1C1=CCC3[C@@]4(C)CCC5(OCCO5)C(C)(C)C4CC[C@@]3(C)[C@]1(C)CC2. The van der Waals surface area contributed by atoms with Gasteiger partial charge in [0.25, 0.3) is 0 Å². The molecule has 226 valence electrons. The zero-order chi connectivity index (χ0) is 28.8. The fourth-order valence-corrected chi connectivity index (χ4v) is 12.0. The van der Waals surface area contributed by atoms with Crippen molar-refractivity contribution in [2.24, 2.45) is 50.2 Å². The van der Waals surface area contributed by atoms with Gasteiger partial charge in [-0.3, -0.25) is 4.79 Å². The first kappa shape index (κ1) is 29.2. The van der Waals surface area contributed by atoms with Crippen LogP contribution in [0, 0.1) is 50.2 Å². The highest BCUT2D eigenvalue weighted by Crippen LogP contribution is 2.76. The Kier molecular flexibility index (Phi) is 6.80. The Morgan fingerprint density at radius 1 is 0.900 bits per heavy atom. The maximum Gasteiger partial charge on any atom is 0.312 e. The summed E-state index contributed by atoms with van der Waals surface area (Å²) in [6, 6.07) is 0. The Balaban J connectivity index is 1.37. The monoisotopic (exact) mass is 554 g/mol. The highest BCUT2D eigenvalue weighted by Gasteiger charge is 2.71. The molecule has 1 heterocycles. The van der Waals surface area contributed by atoms with Gasteiger partial charge >= 0.3 is 5.97 Å². The Morgan fingerprint density at radius 2 is 1.60 bits per heavy atom. The summed E-state index contributed by atoms with van der Waals surface area (Å²) in [5.74, 6) is 1.27. The van der Waals surface area contributed by atoms with E-state index in [0.717, 1.165) is 71.0 Å². The number of hydrogen-bond acceptors (Lipinski definition) is 4. The van der Waals surface area contributed by atoms with E-state index >= 15 is 0 Å². The lowest BCUT2D eigenvalue weighted by molar-refractivity contribution is -0.307. The van der Waals surface area contributed by atoms with Crippen molar-refractivity contribution in [3.63, 3.8) is 0 Å². The summed E-state index contributed by atoms with van der Waals surface area (Å²) >= 11 is 0. The van der Waals surface area contributed by atoms with E-state index in [4.69, 9.17) is 14.2 Å². The first-order valence-electron chi connectivity index (χ1n) is 16.9. The third kappa shape index (κ3) is 3.72. The Hall–Kier alpha value is -0.870. The van der Waals surface area contributed by atoms with Crippen molar-refractivity contribution in [3.8, 4) is 0 Å². The largest absolute Gasteiger partial charge is 0.465 e. The number of rotatable bonds is 4. The molecule has 40 heavy (non-hydrogen) atoms. The molecule has 4 heteroatoms. The average molecular weight is 555 g/mol. The van der Waals surface area contributed by atoms with Gasteiger partial charge in [-0.1, -0.05) is 73.5 Å². The van der Waals surface area contributed by atoms with E-state index in [1.807, 2.05) is 0 Å². The van der Waals surface area contributed by atoms with Gasteiger partial charge in [0.15, 0.2) is 5.79 Å². The molecule has 6 rings (SSSR count). The van der Waals surface area contributed by atoms with Gasteiger partial charge in [0, 0.05) is 11.8 Å². The number of carbonyl (C=O) groups is 1. The minimum Gasteiger partial charge on any atom is -0.465 e. The third-order valence-electron chi connectivity index (χ3n) is 14.6. The molecule has 5 aliphatic carbocycles. The predicted molar refractivity (Wildman–Crippen MR) is 160 cm³/mol. The molecule has 0 radical (unpaired) electrons. The van der Waals surface area contributed by atoms with Crippen molar-refractivity contribution in [3.05, 3.63) is 11.6 Å². The van der Waals surface area contributed by atoms with Crippen molar-refractivity contribution in [2.45, 2.75) is 138 Å². The molecule has 0 amide bonds. The summed E-state index contributed by atoms with van der Waals surface area (Å²) in [6.45, 7) is 21.9. The normalized spacial score (nSPS) is 46.4. The fourth-order valence-electron chi connectivity index (χ4n) is 12.0. The standard InChI is InChI=1S/C36H58O4/c1-9-10-21-38-29(37)35-18-15-30(2,3)24-26(35)25-11-12-28-32(6)16-20-36(39-22-23-40-36)31(4,5)27(32)13-14-34(28,8)33(25,7)17-19-35/h11,26-28H,9-10,12-24H2,1-8H3/t26?,27?,28?,32-,33+,34+,35-/m0/s1. The number of unbranched alkanes of at least 4 members (excludes halogenated alkanes) is 1. The second kappa shape index (κ2) is 9.31. The molecule has 5 fully saturated rings. The molecule has 1 spiro atoms. The summed E-state index contributed by atoms with van der Waals surface area (Å²) in [5.41, 5.74) is 2.21. The molecule has 0 bridgehead atoms. The van der Waals surface area contributed by atoms with Crippen LogP contribution in [0.25, 0.3) is 0 Å². The van der Waals surface area contributed by atoms with Crippen LogP contribution in [0.3, 0.4) is 0 Å². The highest BCUT2D eigenvalue weighted by molar-refractivity contribution is 5.78. The van der Waals surface area contributed by atoms with Crippen molar-refractivity contribution >= 4 is 5.97 Å². The van der Waals surface area contributed by atoms with Gasteiger partial charge in [0.1, 0.15) is 0 Å². The molecular formula is C36H58O4. The molecule has 4 saturated carbocycles. The summed E-state index contributed by atoms with van der Waals surface area (Å²) in [6.07, 6.45) is 15.9.